The quantitative estimate of drug-likeness (QED) is 0.750. The fourth-order valence-corrected chi connectivity index (χ4v) is 3.14. The molecule has 118 valence electrons. The smallest absolute Gasteiger partial charge is 0.252 e. The molecular formula is C15H12Cl2N4OS. The van der Waals surface area contributed by atoms with Crippen molar-refractivity contribution >= 4 is 40.4 Å². The highest BCUT2D eigenvalue weighted by molar-refractivity contribution is 7.12. The summed E-state index contributed by atoms with van der Waals surface area (Å²) >= 11 is 13.4. The van der Waals surface area contributed by atoms with Gasteiger partial charge in [-0.1, -0.05) is 23.2 Å². The summed E-state index contributed by atoms with van der Waals surface area (Å²) in [4.78, 5) is 16.6. The molecule has 2 aromatic heterocycles. The van der Waals surface area contributed by atoms with E-state index < -0.39 is 0 Å². The third-order valence-corrected chi connectivity index (χ3v) is 4.52. The van der Waals surface area contributed by atoms with Crippen LogP contribution in [0.25, 0.3) is 5.13 Å². The van der Waals surface area contributed by atoms with Crippen LogP contribution in [0.1, 0.15) is 16.1 Å². The van der Waals surface area contributed by atoms with E-state index in [4.69, 9.17) is 23.2 Å². The number of benzene rings is 1. The summed E-state index contributed by atoms with van der Waals surface area (Å²) in [6.45, 7) is 0.462. The van der Waals surface area contributed by atoms with E-state index in [9.17, 15) is 4.79 Å². The van der Waals surface area contributed by atoms with Crippen molar-refractivity contribution in [1.29, 1.82) is 0 Å². The van der Waals surface area contributed by atoms with Gasteiger partial charge in [-0.15, -0.1) is 11.3 Å². The first-order valence-corrected chi connectivity index (χ1v) is 8.45. The minimum Gasteiger partial charge on any atom is -0.352 e. The lowest BCUT2D eigenvalue weighted by Crippen LogP contribution is -2.26. The Balaban J connectivity index is 1.57. The Kier molecular flexibility index (Phi) is 4.95. The molecular weight excluding hydrogens is 355 g/mol. The Morgan fingerprint density at radius 3 is 3.00 bits per heavy atom. The zero-order valence-corrected chi connectivity index (χ0v) is 14.2. The molecule has 2 heterocycles. The fraction of sp³-hybridized carbons (Fsp3) is 0.133. The molecule has 0 saturated carbocycles. The van der Waals surface area contributed by atoms with E-state index in [1.165, 1.54) is 11.3 Å². The van der Waals surface area contributed by atoms with Gasteiger partial charge < -0.3 is 5.32 Å². The molecule has 1 N–H and O–H groups in total. The van der Waals surface area contributed by atoms with Gasteiger partial charge in [-0.3, -0.25) is 4.79 Å². The second-order valence-electron chi connectivity index (χ2n) is 4.70. The van der Waals surface area contributed by atoms with E-state index in [-0.39, 0.29) is 5.91 Å². The van der Waals surface area contributed by atoms with Crippen molar-refractivity contribution in [3.8, 4) is 5.13 Å². The van der Waals surface area contributed by atoms with Gasteiger partial charge in [0.2, 0.25) is 5.13 Å². The molecule has 23 heavy (non-hydrogen) atoms. The highest BCUT2D eigenvalue weighted by atomic mass is 35.5. The summed E-state index contributed by atoms with van der Waals surface area (Å²) in [6.07, 6.45) is 4.17. The highest BCUT2D eigenvalue weighted by Crippen LogP contribution is 2.20. The molecule has 0 atom stereocenters. The molecule has 0 spiro atoms. The molecule has 0 unspecified atom stereocenters. The van der Waals surface area contributed by atoms with Crippen LogP contribution in [0.15, 0.2) is 42.0 Å². The monoisotopic (exact) mass is 366 g/mol. The lowest BCUT2D eigenvalue weighted by molar-refractivity contribution is 0.0954. The van der Waals surface area contributed by atoms with Crippen molar-refractivity contribution in [2.24, 2.45) is 0 Å². The van der Waals surface area contributed by atoms with Gasteiger partial charge in [0.15, 0.2) is 0 Å². The van der Waals surface area contributed by atoms with Gasteiger partial charge in [0.25, 0.3) is 5.91 Å². The number of halogens is 2. The van der Waals surface area contributed by atoms with E-state index in [0.29, 0.717) is 28.6 Å². The number of nitrogens with one attached hydrogen (secondary N) is 1. The number of carbonyl (C=O) groups is 1. The van der Waals surface area contributed by atoms with Crippen molar-refractivity contribution in [2.75, 3.05) is 6.54 Å². The third kappa shape index (κ3) is 3.90. The summed E-state index contributed by atoms with van der Waals surface area (Å²) in [5, 5.41) is 10.6. The number of amides is 1. The third-order valence-electron chi connectivity index (χ3n) is 3.08. The van der Waals surface area contributed by atoms with Crippen LogP contribution >= 0.6 is 34.5 Å². The molecule has 5 nitrogen and oxygen atoms in total. The molecule has 1 aromatic carbocycles. The van der Waals surface area contributed by atoms with E-state index in [2.05, 4.69) is 15.4 Å². The number of thiazole rings is 1. The van der Waals surface area contributed by atoms with Gasteiger partial charge in [-0.05, 0) is 24.3 Å². The second-order valence-corrected chi connectivity index (χ2v) is 6.38. The predicted octanol–water partition coefficient (Wildman–Crippen LogP) is 3.61. The van der Waals surface area contributed by atoms with Crippen molar-refractivity contribution in [3.05, 3.63) is 63.3 Å². The maximum Gasteiger partial charge on any atom is 0.252 e. The lowest BCUT2D eigenvalue weighted by Gasteiger charge is -2.06. The summed E-state index contributed by atoms with van der Waals surface area (Å²) in [6, 6.07) is 6.65. The van der Waals surface area contributed by atoms with Crippen LogP contribution in [0.5, 0.6) is 0 Å². The van der Waals surface area contributed by atoms with Gasteiger partial charge >= 0.3 is 0 Å². The predicted molar refractivity (Wildman–Crippen MR) is 91.7 cm³/mol. The molecule has 3 rings (SSSR count). The summed E-state index contributed by atoms with van der Waals surface area (Å²) in [5.74, 6) is -0.250. The first kappa shape index (κ1) is 16.0. The van der Waals surface area contributed by atoms with Crippen LogP contribution in [-0.4, -0.2) is 27.2 Å². The Morgan fingerprint density at radius 2 is 2.22 bits per heavy atom. The van der Waals surface area contributed by atoms with E-state index in [1.54, 1.807) is 29.1 Å². The molecule has 0 aliphatic rings. The zero-order valence-electron chi connectivity index (χ0n) is 11.9. The molecule has 0 fully saturated rings. The lowest BCUT2D eigenvalue weighted by atomic mass is 10.2. The average Bonchev–Trinajstić information content (AvgIpc) is 3.20. The van der Waals surface area contributed by atoms with Crippen LogP contribution in [0.4, 0.5) is 0 Å². The molecule has 0 aliphatic carbocycles. The Bertz CT molecular complexity index is 817. The Hall–Kier alpha value is -1.89. The largest absolute Gasteiger partial charge is 0.352 e. The molecule has 8 heteroatoms. The molecule has 0 aliphatic heterocycles. The molecule has 3 aromatic rings. The van der Waals surface area contributed by atoms with Gasteiger partial charge in [0.1, 0.15) is 0 Å². The summed E-state index contributed by atoms with van der Waals surface area (Å²) in [5.41, 5.74) is 1.27. The summed E-state index contributed by atoms with van der Waals surface area (Å²) in [7, 11) is 0. The molecule has 0 saturated heterocycles. The van der Waals surface area contributed by atoms with Gasteiger partial charge in [-0.25, -0.2) is 9.67 Å². The molecule has 0 radical (unpaired) electrons. The second kappa shape index (κ2) is 7.12. The Morgan fingerprint density at radius 1 is 1.35 bits per heavy atom. The van der Waals surface area contributed by atoms with Crippen molar-refractivity contribution in [1.82, 2.24) is 20.1 Å². The summed E-state index contributed by atoms with van der Waals surface area (Å²) < 4.78 is 1.71. The van der Waals surface area contributed by atoms with Crippen LogP contribution in [0, 0.1) is 0 Å². The number of nitrogens with zero attached hydrogens (tertiary/aromatic N) is 3. The van der Waals surface area contributed by atoms with Crippen LogP contribution in [0.3, 0.4) is 0 Å². The van der Waals surface area contributed by atoms with Gasteiger partial charge in [-0.2, -0.15) is 5.10 Å². The van der Waals surface area contributed by atoms with E-state index in [0.717, 1.165) is 10.8 Å². The standard InChI is InChI=1S/C15H12Cl2N4OS/c16-10-2-3-13(17)12(8-10)14(22)18-6-4-11-9-23-15(20-11)21-7-1-5-19-21/h1-3,5,7-9H,4,6H2,(H,18,22). The minimum absolute atomic E-state index is 0.250. The van der Waals surface area contributed by atoms with E-state index in [1.807, 2.05) is 17.6 Å². The van der Waals surface area contributed by atoms with Crippen LogP contribution in [-0.2, 0) is 6.42 Å². The van der Waals surface area contributed by atoms with Crippen LogP contribution in [0.2, 0.25) is 10.0 Å². The first-order chi connectivity index (χ1) is 11.1. The number of hydrogen-bond donors (Lipinski definition) is 1. The van der Waals surface area contributed by atoms with Gasteiger partial charge in [0.05, 0.1) is 16.3 Å². The first-order valence-electron chi connectivity index (χ1n) is 6.81. The zero-order chi connectivity index (χ0) is 16.2. The maximum atomic E-state index is 12.1. The minimum atomic E-state index is -0.250. The highest BCUT2D eigenvalue weighted by Gasteiger charge is 2.11. The fourth-order valence-electron chi connectivity index (χ4n) is 1.97. The SMILES string of the molecule is O=C(NCCc1csc(-n2cccn2)n1)c1cc(Cl)ccc1Cl. The number of hydrogen-bond acceptors (Lipinski definition) is 4. The number of carbonyl (C=O) groups excluding carboxylic acids is 1. The normalized spacial score (nSPS) is 10.7. The van der Waals surface area contributed by atoms with Crippen molar-refractivity contribution < 1.29 is 4.79 Å². The molecule has 0 bridgehead atoms. The molecule has 1 amide bonds. The maximum absolute atomic E-state index is 12.1. The average molecular weight is 367 g/mol. The van der Waals surface area contributed by atoms with E-state index >= 15 is 0 Å². The topological polar surface area (TPSA) is 59.8 Å². The van der Waals surface area contributed by atoms with Gasteiger partial charge in [0, 0.05) is 35.8 Å². The van der Waals surface area contributed by atoms with Crippen LogP contribution < -0.4 is 5.32 Å². The number of rotatable bonds is 5. The van der Waals surface area contributed by atoms with Crippen molar-refractivity contribution in [3.63, 3.8) is 0 Å². The van der Waals surface area contributed by atoms with Crippen molar-refractivity contribution in [2.45, 2.75) is 6.42 Å². The Labute approximate surface area is 146 Å². The number of aromatic nitrogens is 3.